The number of nitrogens with zero attached hydrogens (tertiary/aromatic N) is 2. The molecule has 0 amide bonds. The third kappa shape index (κ3) is 9.14. The van der Waals surface area contributed by atoms with Gasteiger partial charge in [0.2, 0.25) is 0 Å². The molecular formula is C24H40IN3O3. The van der Waals surface area contributed by atoms with Gasteiger partial charge in [0, 0.05) is 33.3 Å². The Kier molecular flexibility index (Phi) is 12.6. The SMILES string of the molecule is CCCCOc1cccc(CNC(=NC)N2CCC(OCC3CCCCO3)CC2)c1.I. The van der Waals surface area contributed by atoms with Crippen molar-refractivity contribution in [1.82, 2.24) is 10.2 Å². The first kappa shape index (κ1) is 26.2. The van der Waals surface area contributed by atoms with E-state index in [9.17, 15) is 0 Å². The van der Waals surface area contributed by atoms with Gasteiger partial charge in [0.25, 0.3) is 0 Å². The number of likely N-dealkylation sites (tertiary alicyclic amines) is 1. The summed E-state index contributed by atoms with van der Waals surface area (Å²) in [6.07, 6.45) is 8.53. The smallest absolute Gasteiger partial charge is 0.193 e. The lowest BCUT2D eigenvalue weighted by atomic mass is 10.1. The van der Waals surface area contributed by atoms with E-state index in [1.54, 1.807) is 0 Å². The molecule has 2 fully saturated rings. The van der Waals surface area contributed by atoms with E-state index in [0.717, 1.165) is 83.3 Å². The zero-order valence-corrected chi connectivity index (χ0v) is 21.5. The van der Waals surface area contributed by atoms with Crippen LogP contribution in [0.5, 0.6) is 5.75 Å². The van der Waals surface area contributed by atoms with Gasteiger partial charge in [-0.3, -0.25) is 4.99 Å². The number of guanidine groups is 1. The number of piperidine rings is 1. The molecule has 7 heteroatoms. The monoisotopic (exact) mass is 545 g/mol. The van der Waals surface area contributed by atoms with Crippen molar-refractivity contribution >= 4 is 29.9 Å². The lowest BCUT2D eigenvalue weighted by Crippen LogP contribution is -2.47. The molecule has 2 aliphatic rings. The minimum Gasteiger partial charge on any atom is -0.494 e. The molecule has 1 atom stereocenters. The topological polar surface area (TPSA) is 55.3 Å². The van der Waals surface area contributed by atoms with Crippen LogP contribution in [0.4, 0.5) is 0 Å². The van der Waals surface area contributed by atoms with Crippen LogP contribution in [-0.4, -0.2) is 63.0 Å². The van der Waals surface area contributed by atoms with Crippen molar-refractivity contribution in [1.29, 1.82) is 0 Å². The molecule has 6 nitrogen and oxygen atoms in total. The number of rotatable bonds is 9. The molecule has 1 aromatic carbocycles. The Morgan fingerprint density at radius 1 is 1.23 bits per heavy atom. The van der Waals surface area contributed by atoms with Gasteiger partial charge >= 0.3 is 0 Å². The summed E-state index contributed by atoms with van der Waals surface area (Å²) in [6.45, 7) is 7.27. The van der Waals surface area contributed by atoms with E-state index in [-0.39, 0.29) is 24.0 Å². The highest BCUT2D eigenvalue weighted by atomic mass is 127. The Morgan fingerprint density at radius 3 is 2.77 bits per heavy atom. The van der Waals surface area contributed by atoms with E-state index in [0.29, 0.717) is 12.2 Å². The summed E-state index contributed by atoms with van der Waals surface area (Å²) in [5.74, 6) is 1.90. The Morgan fingerprint density at radius 2 is 2.06 bits per heavy atom. The van der Waals surface area contributed by atoms with Gasteiger partial charge in [0.15, 0.2) is 5.96 Å². The third-order valence-corrected chi connectivity index (χ3v) is 5.86. The molecule has 1 N–H and O–H groups in total. The fraction of sp³-hybridized carbons (Fsp3) is 0.708. The number of halogens is 1. The Hall–Kier alpha value is -1.06. The predicted molar refractivity (Wildman–Crippen MR) is 137 cm³/mol. The predicted octanol–water partition coefficient (Wildman–Crippen LogP) is 4.61. The van der Waals surface area contributed by atoms with Gasteiger partial charge in [-0.05, 0) is 56.2 Å². The summed E-state index contributed by atoms with van der Waals surface area (Å²) in [5, 5.41) is 3.51. The van der Waals surface area contributed by atoms with Crippen LogP contribution in [0.1, 0.15) is 57.4 Å². The summed E-state index contributed by atoms with van der Waals surface area (Å²) < 4.78 is 17.7. The molecule has 1 unspecified atom stereocenters. The maximum atomic E-state index is 6.14. The average molecular weight is 546 g/mol. The van der Waals surface area contributed by atoms with Crippen LogP contribution < -0.4 is 10.1 Å². The van der Waals surface area contributed by atoms with Gasteiger partial charge in [0.1, 0.15) is 5.75 Å². The quantitative estimate of drug-likeness (QED) is 0.213. The summed E-state index contributed by atoms with van der Waals surface area (Å²) >= 11 is 0. The van der Waals surface area contributed by atoms with Crippen molar-refractivity contribution in [3.8, 4) is 5.75 Å². The lowest BCUT2D eigenvalue weighted by molar-refractivity contribution is -0.0721. The number of hydrogen-bond acceptors (Lipinski definition) is 4. The van der Waals surface area contributed by atoms with Crippen molar-refractivity contribution < 1.29 is 14.2 Å². The minimum atomic E-state index is 0. The number of nitrogens with one attached hydrogen (secondary N) is 1. The van der Waals surface area contributed by atoms with Gasteiger partial charge in [-0.2, -0.15) is 0 Å². The molecule has 0 aromatic heterocycles. The Bertz CT molecular complexity index is 645. The first-order valence-corrected chi connectivity index (χ1v) is 11.7. The third-order valence-electron chi connectivity index (χ3n) is 5.86. The molecule has 176 valence electrons. The second kappa shape index (κ2) is 14.9. The fourth-order valence-electron chi connectivity index (χ4n) is 4.01. The van der Waals surface area contributed by atoms with Crippen molar-refractivity contribution in [3.63, 3.8) is 0 Å². The summed E-state index contributed by atoms with van der Waals surface area (Å²) in [6, 6.07) is 8.32. The molecule has 2 heterocycles. The normalized spacial score (nSPS) is 20.3. The number of aliphatic imine (C=N–C) groups is 1. The van der Waals surface area contributed by atoms with Crippen LogP contribution in [0.2, 0.25) is 0 Å². The molecule has 3 rings (SSSR count). The highest BCUT2D eigenvalue weighted by Crippen LogP contribution is 2.18. The first-order chi connectivity index (χ1) is 14.8. The summed E-state index contributed by atoms with van der Waals surface area (Å²) in [4.78, 5) is 6.83. The molecule has 0 bridgehead atoms. The van der Waals surface area contributed by atoms with E-state index in [2.05, 4.69) is 40.3 Å². The molecule has 0 radical (unpaired) electrons. The minimum absolute atomic E-state index is 0. The van der Waals surface area contributed by atoms with Crippen molar-refractivity contribution in [2.24, 2.45) is 4.99 Å². The van der Waals surface area contributed by atoms with Crippen LogP contribution in [0.25, 0.3) is 0 Å². The van der Waals surface area contributed by atoms with Crippen LogP contribution in [0, 0.1) is 0 Å². The van der Waals surface area contributed by atoms with Gasteiger partial charge < -0.3 is 24.4 Å². The number of hydrogen-bond donors (Lipinski definition) is 1. The Balaban J connectivity index is 0.00000341. The molecule has 0 spiro atoms. The van der Waals surface area contributed by atoms with Crippen LogP contribution in [-0.2, 0) is 16.0 Å². The van der Waals surface area contributed by atoms with Gasteiger partial charge in [0.05, 0.1) is 25.4 Å². The molecule has 1 aromatic rings. The van der Waals surface area contributed by atoms with Crippen molar-refractivity contribution in [2.45, 2.75) is 70.6 Å². The second-order valence-corrected chi connectivity index (χ2v) is 8.26. The highest BCUT2D eigenvalue weighted by molar-refractivity contribution is 14.0. The van der Waals surface area contributed by atoms with Gasteiger partial charge in [-0.25, -0.2) is 0 Å². The van der Waals surface area contributed by atoms with Crippen LogP contribution >= 0.6 is 24.0 Å². The van der Waals surface area contributed by atoms with E-state index >= 15 is 0 Å². The average Bonchev–Trinajstić information content (AvgIpc) is 2.80. The van der Waals surface area contributed by atoms with E-state index in [1.165, 1.54) is 18.4 Å². The maximum Gasteiger partial charge on any atom is 0.193 e. The standard InChI is InChI=1S/C24H39N3O3.HI/c1-3-4-15-28-22-10-7-8-20(17-22)18-26-24(25-2)27-13-11-21(12-14-27)30-19-23-9-5-6-16-29-23;/h7-8,10,17,21,23H,3-6,9,11-16,18-19H2,1-2H3,(H,25,26);1H. The fourth-order valence-corrected chi connectivity index (χ4v) is 4.01. The maximum absolute atomic E-state index is 6.14. The van der Waals surface area contributed by atoms with Crippen molar-refractivity contribution in [3.05, 3.63) is 29.8 Å². The molecule has 0 aliphatic carbocycles. The van der Waals surface area contributed by atoms with E-state index in [1.807, 2.05) is 13.1 Å². The van der Waals surface area contributed by atoms with Gasteiger partial charge in [-0.15, -0.1) is 24.0 Å². The van der Waals surface area contributed by atoms with Crippen LogP contribution in [0.15, 0.2) is 29.3 Å². The number of ether oxygens (including phenoxy) is 3. The number of unbranched alkanes of at least 4 members (excludes halogenated alkanes) is 1. The largest absolute Gasteiger partial charge is 0.494 e. The second-order valence-electron chi connectivity index (χ2n) is 8.26. The lowest BCUT2D eigenvalue weighted by Gasteiger charge is -2.35. The van der Waals surface area contributed by atoms with E-state index in [4.69, 9.17) is 14.2 Å². The molecule has 2 aliphatic heterocycles. The van der Waals surface area contributed by atoms with Gasteiger partial charge in [-0.1, -0.05) is 25.5 Å². The molecule has 31 heavy (non-hydrogen) atoms. The zero-order valence-electron chi connectivity index (χ0n) is 19.2. The van der Waals surface area contributed by atoms with Crippen LogP contribution in [0.3, 0.4) is 0 Å². The zero-order chi connectivity index (χ0) is 21.0. The summed E-state index contributed by atoms with van der Waals surface area (Å²) in [5.41, 5.74) is 1.20. The Labute approximate surface area is 205 Å². The molecular weight excluding hydrogens is 505 g/mol. The van der Waals surface area contributed by atoms with E-state index < -0.39 is 0 Å². The van der Waals surface area contributed by atoms with Crippen molar-refractivity contribution in [2.75, 3.05) is 40.0 Å². The molecule has 0 saturated carbocycles. The highest BCUT2D eigenvalue weighted by Gasteiger charge is 2.23. The first-order valence-electron chi connectivity index (χ1n) is 11.7. The molecule has 2 saturated heterocycles. The number of benzene rings is 1. The summed E-state index contributed by atoms with van der Waals surface area (Å²) in [7, 11) is 1.86.